The summed E-state index contributed by atoms with van der Waals surface area (Å²) in [6, 6.07) is 0. The Balaban J connectivity index is 2.28. The zero-order valence-corrected chi connectivity index (χ0v) is 14.2. The third-order valence-corrected chi connectivity index (χ3v) is 3.60. The molecule has 3 N–H and O–H groups in total. The standard InChI is InChI=1S/C14H24N6O4/c1-9-7-19(8-10(2)24-9)13-11(20(21)22)12(15)17-14(18-13)16-5-4-6-23-3/h9-10H,4-8H2,1-3H3,(H3,15,16,17,18)/t9-,10+. The monoisotopic (exact) mass is 340 g/mol. The highest BCUT2D eigenvalue weighted by atomic mass is 16.6. The predicted octanol–water partition coefficient (Wildman–Crippen LogP) is 1.03. The van der Waals surface area contributed by atoms with Gasteiger partial charge < -0.3 is 25.4 Å². The van der Waals surface area contributed by atoms with E-state index in [4.69, 9.17) is 15.2 Å². The highest BCUT2D eigenvalue weighted by molar-refractivity contribution is 5.71. The Morgan fingerprint density at radius 2 is 2.08 bits per heavy atom. The summed E-state index contributed by atoms with van der Waals surface area (Å²) in [5.41, 5.74) is 5.55. The summed E-state index contributed by atoms with van der Waals surface area (Å²) in [7, 11) is 1.62. The number of hydrogen-bond donors (Lipinski definition) is 2. The summed E-state index contributed by atoms with van der Waals surface area (Å²) in [5, 5.41) is 14.4. The second-order valence-electron chi connectivity index (χ2n) is 5.80. The molecule has 0 spiro atoms. The number of nitrogen functional groups attached to an aromatic ring is 1. The molecule has 1 aromatic rings. The fourth-order valence-electron chi connectivity index (χ4n) is 2.70. The van der Waals surface area contributed by atoms with Crippen LogP contribution in [0.25, 0.3) is 0 Å². The fourth-order valence-corrected chi connectivity index (χ4v) is 2.70. The van der Waals surface area contributed by atoms with Crippen LogP contribution < -0.4 is 16.0 Å². The van der Waals surface area contributed by atoms with Crippen molar-refractivity contribution in [3.63, 3.8) is 0 Å². The van der Waals surface area contributed by atoms with Gasteiger partial charge in [0.1, 0.15) is 0 Å². The molecule has 10 nitrogen and oxygen atoms in total. The van der Waals surface area contributed by atoms with Crippen molar-refractivity contribution in [3.8, 4) is 0 Å². The molecule has 1 saturated heterocycles. The number of nitrogens with one attached hydrogen (secondary N) is 1. The Kier molecular flexibility index (Phi) is 6.10. The largest absolute Gasteiger partial charge is 0.385 e. The van der Waals surface area contributed by atoms with Crippen LogP contribution in [0.2, 0.25) is 0 Å². The lowest BCUT2D eigenvalue weighted by Crippen LogP contribution is -2.46. The Labute approximate surface area is 140 Å². The lowest BCUT2D eigenvalue weighted by Gasteiger charge is -2.35. The molecule has 0 aliphatic carbocycles. The number of rotatable bonds is 7. The first-order valence-corrected chi connectivity index (χ1v) is 7.87. The summed E-state index contributed by atoms with van der Waals surface area (Å²) in [6.07, 6.45) is 0.655. The van der Waals surface area contributed by atoms with Crippen molar-refractivity contribution in [2.24, 2.45) is 0 Å². The van der Waals surface area contributed by atoms with Crippen LogP contribution in [0.1, 0.15) is 20.3 Å². The van der Waals surface area contributed by atoms with Crippen LogP contribution in [0.3, 0.4) is 0 Å². The van der Waals surface area contributed by atoms with Crippen LogP contribution >= 0.6 is 0 Å². The lowest BCUT2D eigenvalue weighted by molar-refractivity contribution is -0.383. The smallest absolute Gasteiger partial charge is 0.353 e. The summed E-state index contributed by atoms with van der Waals surface area (Å²) < 4.78 is 10.7. The van der Waals surface area contributed by atoms with Gasteiger partial charge in [-0.3, -0.25) is 10.1 Å². The third-order valence-electron chi connectivity index (χ3n) is 3.60. The summed E-state index contributed by atoms with van der Waals surface area (Å²) in [6.45, 7) is 6.03. The molecule has 1 aromatic heterocycles. The molecular weight excluding hydrogens is 316 g/mol. The lowest BCUT2D eigenvalue weighted by atomic mass is 10.2. The molecular formula is C14H24N6O4. The van der Waals surface area contributed by atoms with Crippen molar-refractivity contribution < 1.29 is 14.4 Å². The van der Waals surface area contributed by atoms with E-state index in [1.165, 1.54) is 0 Å². The Morgan fingerprint density at radius 1 is 1.42 bits per heavy atom. The first-order chi connectivity index (χ1) is 11.4. The van der Waals surface area contributed by atoms with Crippen molar-refractivity contribution in [1.29, 1.82) is 0 Å². The molecule has 0 unspecified atom stereocenters. The minimum atomic E-state index is -0.538. The van der Waals surface area contributed by atoms with Crippen LogP contribution in [0.5, 0.6) is 0 Å². The Hall–Kier alpha value is -2.20. The van der Waals surface area contributed by atoms with E-state index < -0.39 is 4.92 Å². The Bertz CT molecular complexity index is 575. The SMILES string of the molecule is COCCCNc1nc(N)c([N+](=O)[O-])c(N2C[C@@H](C)O[C@@H](C)C2)n1. The van der Waals surface area contributed by atoms with Gasteiger partial charge >= 0.3 is 5.69 Å². The second-order valence-corrected chi connectivity index (χ2v) is 5.80. The number of ether oxygens (including phenoxy) is 2. The highest BCUT2D eigenvalue weighted by Gasteiger charge is 2.31. The van der Waals surface area contributed by atoms with E-state index in [2.05, 4.69) is 15.3 Å². The fraction of sp³-hybridized carbons (Fsp3) is 0.714. The third kappa shape index (κ3) is 4.42. The average molecular weight is 340 g/mol. The Morgan fingerprint density at radius 3 is 2.67 bits per heavy atom. The molecule has 1 fully saturated rings. The summed E-state index contributed by atoms with van der Waals surface area (Å²) in [5.74, 6) is 0.353. The first kappa shape index (κ1) is 18.1. The molecule has 2 heterocycles. The maximum absolute atomic E-state index is 11.4. The maximum atomic E-state index is 11.4. The molecule has 24 heavy (non-hydrogen) atoms. The van der Waals surface area contributed by atoms with E-state index in [1.807, 2.05) is 18.7 Å². The van der Waals surface area contributed by atoms with Gasteiger partial charge in [0.2, 0.25) is 17.6 Å². The normalized spacial score (nSPS) is 20.9. The van der Waals surface area contributed by atoms with Gasteiger partial charge in [-0.05, 0) is 20.3 Å². The van der Waals surface area contributed by atoms with E-state index in [0.29, 0.717) is 26.2 Å². The quantitative estimate of drug-likeness (QED) is 0.424. The molecule has 0 saturated carbocycles. The van der Waals surface area contributed by atoms with Crippen LogP contribution in [-0.4, -0.2) is 60.5 Å². The van der Waals surface area contributed by atoms with E-state index in [-0.39, 0.29) is 35.5 Å². The molecule has 134 valence electrons. The molecule has 0 bridgehead atoms. The van der Waals surface area contributed by atoms with Crippen molar-refractivity contribution >= 4 is 23.3 Å². The summed E-state index contributed by atoms with van der Waals surface area (Å²) >= 11 is 0. The molecule has 0 radical (unpaired) electrons. The molecule has 10 heteroatoms. The van der Waals surface area contributed by atoms with Crippen LogP contribution in [-0.2, 0) is 9.47 Å². The summed E-state index contributed by atoms with van der Waals surface area (Å²) in [4.78, 5) is 21.0. The molecule has 0 amide bonds. The van der Waals surface area contributed by atoms with Crippen LogP contribution in [0.4, 0.5) is 23.3 Å². The number of nitrogens with two attached hydrogens (primary N) is 1. The number of anilines is 3. The van der Waals surface area contributed by atoms with Crippen molar-refractivity contribution in [3.05, 3.63) is 10.1 Å². The molecule has 1 aliphatic rings. The first-order valence-electron chi connectivity index (χ1n) is 7.87. The predicted molar refractivity (Wildman–Crippen MR) is 90.3 cm³/mol. The zero-order valence-electron chi connectivity index (χ0n) is 14.2. The number of hydrogen-bond acceptors (Lipinski definition) is 9. The topological polar surface area (TPSA) is 129 Å². The van der Waals surface area contributed by atoms with Crippen LogP contribution in [0, 0.1) is 10.1 Å². The highest BCUT2D eigenvalue weighted by Crippen LogP contribution is 2.33. The van der Waals surface area contributed by atoms with Gasteiger partial charge in [-0.2, -0.15) is 9.97 Å². The van der Waals surface area contributed by atoms with Gasteiger partial charge in [0.15, 0.2) is 0 Å². The molecule has 2 rings (SSSR count). The van der Waals surface area contributed by atoms with Gasteiger partial charge in [-0.15, -0.1) is 0 Å². The van der Waals surface area contributed by atoms with Gasteiger partial charge in [0.25, 0.3) is 0 Å². The molecule has 0 aromatic carbocycles. The average Bonchev–Trinajstić information content (AvgIpc) is 2.49. The van der Waals surface area contributed by atoms with Gasteiger partial charge in [0, 0.05) is 33.4 Å². The minimum Gasteiger partial charge on any atom is -0.385 e. The molecule has 1 aliphatic heterocycles. The minimum absolute atomic E-state index is 0.0531. The van der Waals surface area contributed by atoms with Crippen LogP contribution in [0.15, 0.2) is 0 Å². The van der Waals surface area contributed by atoms with Gasteiger partial charge in [0.05, 0.1) is 17.1 Å². The van der Waals surface area contributed by atoms with Gasteiger partial charge in [-0.25, -0.2) is 0 Å². The van der Waals surface area contributed by atoms with Crippen molar-refractivity contribution in [1.82, 2.24) is 9.97 Å². The molecule has 2 atom stereocenters. The second kappa shape index (κ2) is 8.06. The maximum Gasteiger partial charge on any atom is 0.353 e. The number of aromatic nitrogens is 2. The number of morpholine rings is 1. The van der Waals surface area contributed by atoms with E-state index in [1.54, 1.807) is 7.11 Å². The van der Waals surface area contributed by atoms with Gasteiger partial charge in [-0.1, -0.05) is 0 Å². The number of methoxy groups -OCH3 is 1. The van der Waals surface area contributed by atoms with Crippen molar-refractivity contribution in [2.45, 2.75) is 32.5 Å². The van der Waals surface area contributed by atoms with E-state index in [0.717, 1.165) is 6.42 Å². The van der Waals surface area contributed by atoms with E-state index in [9.17, 15) is 10.1 Å². The zero-order chi connectivity index (χ0) is 17.7. The van der Waals surface area contributed by atoms with Crippen molar-refractivity contribution in [2.75, 3.05) is 49.3 Å². The number of nitro groups is 1. The number of nitrogens with zero attached hydrogens (tertiary/aromatic N) is 4. The van der Waals surface area contributed by atoms with E-state index >= 15 is 0 Å².